The Kier molecular flexibility index (Phi) is 43.9. The van der Waals surface area contributed by atoms with Crippen LogP contribution in [-0.4, -0.2) is 149 Å². The SMILES string of the molecule is C=C(C)C(=O)O.C=C(C)C(=O)O.C=C(C)C(=O)O.C=C(C)C(=O)O.C=C(C)C(=O)O.OCC(CO)(CO)CO.OCC(CO)(CO)CO. The molecule has 0 atom stereocenters. The average molecular weight is 703 g/mol. The molecule has 0 heterocycles. The summed E-state index contributed by atoms with van der Waals surface area (Å²) in [5, 5.41) is 107. The summed E-state index contributed by atoms with van der Waals surface area (Å²) >= 11 is 0. The second kappa shape index (κ2) is 35.6. The Morgan fingerprint density at radius 3 is 0.396 bits per heavy atom. The molecule has 0 unspecified atom stereocenters. The molecular weight excluding hydrogens is 648 g/mol. The fraction of sp³-hybridized carbons (Fsp3) is 0.500. The van der Waals surface area contributed by atoms with Gasteiger partial charge in [-0.2, -0.15) is 0 Å². The van der Waals surface area contributed by atoms with Crippen LogP contribution in [0.2, 0.25) is 0 Å². The van der Waals surface area contributed by atoms with Crippen molar-refractivity contribution in [2.75, 3.05) is 52.9 Å². The van der Waals surface area contributed by atoms with Crippen molar-refractivity contribution in [3.8, 4) is 0 Å². The van der Waals surface area contributed by atoms with Gasteiger partial charge >= 0.3 is 29.8 Å². The highest BCUT2D eigenvalue weighted by Crippen LogP contribution is 2.12. The summed E-state index contributed by atoms with van der Waals surface area (Å²) in [6.45, 7) is 19.8. The number of aliphatic hydroxyl groups excluding tert-OH is 8. The van der Waals surface area contributed by atoms with Crippen molar-refractivity contribution in [1.29, 1.82) is 0 Å². The monoisotopic (exact) mass is 702 g/mol. The predicted octanol–water partition coefficient (Wildman–Crippen LogP) is -0.880. The lowest BCUT2D eigenvalue weighted by molar-refractivity contribution is -0.133. The lowest BCUT2D eigenvalue weighted by Gasteiger charge is -2.23. The van der Waals surface area contributed by atoms with Gasteiger partial charge < -0.3 is 66.4 Å². The molecule has 13 N–H and O–H groups in total. The van der Waals surface area contributed by atoms with Crippen molar-refractivity contribution in [2.24, 2.45) is 10.8 Å². The van der Waals surface area contributed by atoms with Gasteiger partial charge in [0.25, 0.3) is 0 Å². The molecule has 0 aliphatic rings. The third-order valence-electron chi connectivity index (χ3n) is 4.51. The van der Waals surface area contributed by atoms with E-state index in [2.05, 4.69) is 32.9 Å². The van der Waals surface area contributed by atoms with Crippen molar-refractivity contribution in [3.05, 3.63) is 60.8 Å². The fourth-order valence-corrected chi connectivity index (χ4v) is 0.600. The maximum atomic E-state index is 9.60. The Labute approximate surface area is 279 Å². The summed E-state index contributed by atoms with van der Waals surface area (Å²) in [5.74, 6) is -4.68. The molecule has 0 rings (SSSR count). The Morgan fingerprint density at radius 1 is 0.333 bits per heavy atom. The van der Waals surface area contributed by atoms with E-state index in [1.807, 2.05) is 0 Å². The Balaban J connectivity index is -0.0000000825. The van der Waals surface area contributed by atoms with E-state index in [0.29, 0.717) is 0 Å². The van der Waals surface area contributed by atoms with Crippen molar-refractivity contribution in [3.63, 3.8) is 0 Å². The largest absolute Gasteiger partial charge is 0.478 e. The van der Waals surface area contributed by atoms with Gasteiger partial charge in [-0.15, -0.1) is 0 Å². The molecule has 0 aliphatic carbocycles. The van der Waals surface area contributed by atoms with Gasteiger partial charge in [0.05, 0.1) is 63.7 Å². The summed E-state index contributed by atoms with van der Waals surface area (Å²) in [7, 11) is 0. The first-order chi connectivity index (χ1) is 21.7. The number of rotatable bonds is 13. The first kappa shape index (κ1) is 59.2. The molecule has 0 amide bonds. The Hall–Kier alpha value is -4.27. The van der Waals surface area contributed by atoms with E-state index in [1.165, 1.54) is 34.6 Å². The lowest BCUT2D eigenvalue weighted by Crippen LogP contribution is -2.37. The zero-order valence-electron chi connectivity index (χ0n) is 28.0. The van der Waals surface area contributed by atoms with E-state index < -0.39 is 93.5 Å². The molecule has 0 saturated carbocycles. The number of hydrogen-bond donors (Lipinski definition) is 13. The highest BCUT2D eigenvalue weighted by atomic mass is 16.4. The highest BCUT2D eigenvalue weighted by Gasteiger charge is 2.27. The number of carbonyl (C=O) groups is 5. The van der Waals surface area contributed by atoms with Crippen LogP contribution in [0.4, 0.5) is 0 Å². The molecule has 282 valence electrons. The van der Waals surface area contributed by atoms with Gasteiger partial charge in [-0.3, -0.25) is 0 Å². The number of hydrogen-bond acceptors (Lipinski definition) is 13. The smallest absolute Gasteiger partial charge is 0.330 e. The fourth-order valence-electron chi connectivity index (χ4n) is 0.600. The van der Waals surface area contributed by atoms with Gasteiger partial charge in [0, 0.05) is 27.9 Å². The van der Waals surface area contributed by atoms with Crippen molar-refractivity contribution >= 4 is 29.8 Å². The molecule has 0 aliphatic heterocycles. The molecule has 0 bridgehead atoms. The normalized spacial score (nSPS) is 9.19. The molecule has 0 aromatic carbocycles. The molecule has 18 nitrogen and oxygen atoms in total. The van der Waals surface area contributed by atoms with Crippen LogP contribution in [-0.2, 0) is 24.0 Å². The van der Waals surface area contributed by atoms with Gasteiger partial charge in [-0.05, 0) is 34.6 Å². The molecule has 0 spiro atoms. The van der Waals surface area contributed by atoms with Crippen LogP contribution in [0.1, 0.15) is 34.6 Å². The second-order valence-electron chi connectivity index (χ2n) is 9.69. The average Bonchev–Trinajstić information content (AvgIpc) is 3.01. The third-order valence-corrected chi connectivity index (χ3v) is 4.51. The van der Waals surface area contributed by atoms with Crippen LogP contribution in [0.15, 0.2) is 60.8 Å². The van der Waals surface area contributed by atoms with E-state index in [-0.39, 0.29) is 27.9 Å². The van der Waals surface area contributed by atoms with E-state index in [0.717, 1.165) is 0 Å². The first-order valence-electron chi connectivity index (χ1n) is 13.0. The van der Waals surface area contributed by atoms with Gasteiger partial charge in [0.1, 0.15) is 0 Å². The minimum atomic E-state index is -1.11. The molecule has 18 heteroatoms. The van der Waals surface area contributed by atoms with Crippen LogP contribution >= 0.6 is 0 Å². The number of carboxylic acid groups (broad SMARTS) is 5. The van der Waals surface area contributed by atoms with E-state index in [1.54, 1.807) is 0 Å². The Bertz CT molecular complexity index is 751. The van der Waals surface area contributed by atoms with E-state index in [4.69, 9.17) is 66.4 Å². The van der Waals surface area contributed by atoms with Gasteiger partial charge in [-0.25, -0.2) is 24.0 Å². The standard InChI is InChI=1S/2C5H12O4.5C4H6O2/c2*6-1-5(2-7,3-8)4-9;5*1-3(2)4(5)6/h2*6-9H,1-4H2;5*1H2,2H3,(H,5,6). The highest BCUT2D eigenvalue weighted by molar-refractivity contribution is 5.86. The van der Waals surface area contributed by atoms with E-state index in [9.17, 15) is 24.0 Å². The Morgan fingerprint density at radius 2 is 0.396 bits per heavy atom. The number of aliphatic hydroxyl groups is 8. The minimum absolute atomic E-state index is 0.176. The van der Waals surface area contributed by atoms with Crippen molar-refractivity contribution < 1.29 is 90.4 Å². The van der Waals surface area contributed by atoms with Gasteiger partial charge in [-0.1, -0.05) is 32.9 Å². The molecule has 0 radical (unpaired) electrons. The summed E-state index contributed by atoms with van der Waals surface area (Å²) in [4.78, 5) is 48.0. The number of aliphatic carboxylic acids is 5. The summed E-state index contributed by atoms with van der Waals surface area (Å²) in [6, 6.07) is 0. The van der Waals surface area contributed by atoms with E-state index >= 15 is 0 Å². The van der Waals surface area contributed by atoms with Crippen LogP contribution < -0.4 is 0 Å². The molecule has 0 aromatic heterocycles. The molecule has 0 saturated heterocycles. The van der Waals surface area contributed by atoms with Crippen molar-refractivity contribution in [1.82, 2.24) is 0 Å². The molecule has 48 heavy (non-hydrogen) atoms. The molecule has 0 aromatic rings. The van der Waals surface area contributed by atoms with Crippen LogP contribution in [0.5, 0.6) is 0 Å². The van der Waals surface area contributed by atoms with Crippen LogP contribution in [0.25, 0.3) is 0 Å². The summed E-state index contributed by atoms with van der Waals surface area (Å²) < 4.78 is 0. The maximum absolute atomic E-state index is 9.60. The van der Waals surface area contributed by atoms with Crippen molar-refractivity contribution in [2.45, 2.75) is 34.6 Å². The predicted molar refractivity (Wildman–Crippen MR) is 174 cm³/mol. The summed E-state index contributed by atoms with van der Waals surface area (Å²) in [5.41, 5.74) is -1.34. The molecular formula is C30H54O18. The molecule has 0 fully saturated rings. The van der Waals surface area contributed by atoms with Crippen LogP contribution in [0, 0.1) is 10.8 Å². The zero-order valence-corrected chi connectivity index (χ0v) is 28.0. The minimum Gasteiger partial charge on any atom is -0.478 e. The maximum Gasteiger partial charge on any atom is 0.330 e. The second-order valence-corrected chi connectivity index (χ2v) is 9.69. The zero-order chi connectivity index (χ0) is 40.4. The van der Waals surface area contributed by atoms with Crippen LogP contribution in [0.3, 0.4) is 0 Å². The summed E-state index contributed by atoms with van der Waals surface area (Å²) in [6.07, 6.45) is 0. The van der Waals surface area contributed by atoms with Gasteiger partial charge in [0.15, 0.2) is 0 Å². The first-order valence-corrected chi connectivity index (χ1v) is 13.0. The topological polar surface area (TPSA) is 348 Å². The number of carboxylic acids is 5. The van der Waals surface area contributed by atoms with Gasteiger partial charge in [0.2, 0.25) is 0 Å². The lowest BCUT2D eigenvalue weighted by atomic mass is 9.93. The third kappa shape index (κ3) is 43.9. The quantitative estimate of drug-likeness (QED) is 0.104.